The number of halogens is 1. The molecule has 0 bridgehead atoms. The molecule has 1 atom stereocenters. The summed E-state index contributed by atoms with van der Waals surface area (Å²) in [5.74, 6) is -0.831. The summed E-state index contributed by atoms with van der Waals surface area (Å²) >= 11 is 0. The molecule has 7 heteroatoms. The van der Waals surface area contributed by atoms with Crippen molar-refractivity contribution in [2.75, 3.05) is 24.5 Å². The van der Waals surface area contributed by atoms with Crippen LogP contribution in [-0.4, -0.2) is 48.3 Å². The Labute approximate surface area is 176 Å². The lowest BCUT2D eigenvalue weighted by molar-refractivity contribution is 0.0655. The first-order chi connectivity index (χ1) is 13.4. The Bertz CT molecular complexity index is 1000. The third kappa shape index (κ3) is 3.54. The number of rotatable bonds is 2. The number of piperazine rings is 1. The van der Waals surface area contributed by atoms with Gasteiger partial charge in [0, 0.05) is 31.2 Å². The highest BCUT2D eigenvalue weighted by Crippen LogP contribution is 2.32. The van der Waals surface area contributed by atoms with Crippen LogP contribution in [0.2, 0.25) is 0 Å². The molecule has 3 amide bonds. The number of carbonyl (C=O) groups is 3. The first-order valence-corrected chi connectivity index (χ1v) is 9.50. The third-order valence-corrected chi connectivity index (χ3v) is 5.50. The van der Waals surface area contributed by atoms with Gasteiger partial charge in [0.1, 0.15) is 0 Å². The SMILES string of the molecule is Cc1ccc(C)c(N2C(=O)c3ccc(C(=O)N4CCNCC4C)cc3C2=O)c1.Cl. The second kappa shape index (κ2) is 7.97. The Balaban J connectivity index is 0.00000240. The molecular formula is C22H24ClN3O3. The van der Waals surface area contributed by atoms with Crippen molar-refractivity contribution in [3.05, 3.63) is 64.2 Å². The number of imide groups is 1. The molecule has 2 aliphatic heterocycles. The molecule has 2 heterocycles. The minimum atomic E-state index is -0.378. The maximum Gasteiger partial charge on any atom is 0.266 e. The van der Waals surface area contributed by atoms with Crippen LogP contribution in [0.4, 0.5) is 5.69 Å². The summed E-state index contributed by atoms with van der Waals surface area (Å²) in [5, 5.41) is 3.26. The van der Waals surface area contributed by atoms with Gasteiger partial charge in [-0.2, -0.15) is 0 Å². The molecular weight excluding hydrogens is 390 g/mol. The van der Waals surface area contributed by atoms with E-state index in [0.717, 1.165) is 24.2 Å². The molecule has 1 fully saturated rings. The number of hydrogen-bond acceptors (Lipinski definition) is 4. The zero-order valence-corrected chi connectivity index (χ0v) is 17.5. The van der Waals surface area contributed by atoms with Gasteiger partial charge in [-0.25, -0.2) is 4.90 Å². The number of anilines is 1. The maximum atomic E-state index is 13.1. The fourth-order valence-corrected chi connectivity index (χ4v) is 3.86. The minimum absolute atomic E-state index is 0. The van der Waals surface area contributed by atoms with Gasteiger partial charge < -0.3 is 10.2 Å². The predicted octanol–water partition coefficient (Wildman–Crippen LogP) is 2.96. The topological polar surface area (TPSA) is 69.7 Å². The molecule has 0 radical (unpaired) electrons. The maximum absolute atomic E-state index is 13.1. The molecule has 4 rings (SSSR count). The van der Waals surface area contributed by atoms with E-state index < -0.39 is 0 Å². The van der Waals surface area contributed by atoms with Crippen molar-refractivity contribution in [2.45, 2.75) is 26.8 Å². The van der Waals surface area contributed by atoms with E-state index in [2.05, 4.69) is 5.32 Å². The number of amides is 3. The number of nitrogens with zero attached hydrogens (tertiary/aromatic N) is 2. The molecule has 0 aliphatic carbocycles. The predicted molar refractivity (Wildman–Crippen MR) is 114 cm³/mol. The smallest absolute Gasteiger partial charge is 0.266 e. The number of carbonyl (C=O) groups excluding carboxylic acids is 3. The highest BCUT2D eigenvalue weighted by molar-refractivity contribution is 6.35. The van der Waals surface area contributed by atoms with Gasteiger partial charge in [-0.3, -0.25) is 14.4 Å². The minimum Gasteiger partial charge on any atom is -0.333 e. The second-order valence-electron chi connectivity index (χ2n) is 7.55. The van der Waals surface area contributed by atoms with E-state index in [-0.39, 0.29) is 36.2 Å². The van der Waals surface area contributed by atoms with Crippen LogP contribution in [0.15, 0.2) is 36.4 Å². The van der Waals surface area contributed by atoms with Crippen molar-refractivity contribution in [2.24, 2.45) is 0 Å². The lowest BCUT2D eigenvalue weighted by Gasteiger charge is -2.34. The zero-order chi connectivity index (χ0) is 20.0. The first kappa shape index (κ1) is 21.0. The summed E-state index contributed by atoms with van der Waals surface area (Å²) in [6.07, 6.45) is 0. The monoisotopic (exact) mass is 413 g/mol. The fourth-order valence-electron chi connectivity index (χ4n) is 3.86. The number of aryl methyl sites for hydroxylation is 2. The summed E-state index contributed by atoms with van der Waals surface area (Å²) in [7, 11) is 0. The van der Waals surface area contributed by atoms with Crippen molar-refractivity contribution in [1.29, 1.82) is 0 Å². The van der Waals surface area contributed by atoms with Gasteiger partial charge in [0.2, 0.25) is 0 Å². The number of fused-ring (bicyclic) bond motifs is 1. The van der Waals surface area contributed by atoms with Crippen molar-refractivity contribution in [3.8, 4) is 0 Å². The van der Waals surface area contributed by atoms with Gasteiger partial charge in [0.05, 0.1) is 16.8 Å². The van der Waals surface area contributed by atoms with Gasteiger partial charge in [-0.05, 0) is 56.2 Å². The van der Waals surface area contributed by atoms with E-state index in [0.29, 0.717) is 28.9 Å². The van der Waals surface area contributed by atoms with Crippen LogP contribution in [0, 0.1) is 13.8 Å². The number of nitrogens with one attached hydrogen (secondary N) is 1. The van der Waals surface area contributed by atoms with E-state index in [9.17, 15) is 14.4 Å². The van der Waals surface area contributed by atoms with Gasteiger partial charge in [-0.1, -0.05) is 12.1 Å². The van der Waals surface area contributed by atoms with E-state index in [1.807, 2.05) is 43.9 Å². The summed E-state index contributed by atoms with van der Waals surface area (Å²) in [6.45, 7) is 7.91. The van der Waals surface area contributed by atoms with Gasteiger partial charge >= 0.3 is 0 Å². The van der Waals surface area contributed by atoms with E-state index in [4.69, 9.17) is 0 Å². The molecule has 6 nitrogen and oxygen atoms in total. The Morgan fingerprint density at radius 2 is 1.76 bits per heavy atom. The first-order valence-electron chi connectivity index (χ1n) is 9.50. The number of benzene rings is 2. The van der Waals surface area contributed by atoms with Crippen LogP contribution >= 0.6 is 12.4 Å². The highest BCUT2D eigenvalue weighted by Gasteiger charge is 2.38. The normalized spacial score (nSPS) is 18.5. The van der Waals surface area contributed by atoms with Gasteiger partial charge in [0.25, 0.3) is 17.7 Å². The molecule has 152 valence electrons. The Morgan fingerprint density at radius 1 is 1.03 bits per heavy atom. The van der Waals surface area contributed by atoms with E-state index >= 15 is 0 Å². The van der Waals surface area contributed by atoms with Gasteiger partial charge in [-0.15, -0.1) is 12.4 Å². The summed E-state index contributed by atoms with van der Waals surface area (Å²) in [6, 6.07) is 10.6. The molecule has 0 saturated carbocycles. The summed E-state index contributed by atoms with van der Waals surface area (Å²) in [5.41, 5.74) is 3.49. The molecule has 1 saturated heterocycles. The second-order valence-corrected chi connectivity index (χ2v) is 7.55. The molecule has 0 aromatic heterocycles. The van der Waals surface area contributed by atoms with Crippen LogP contribution in [0.1, 0.15) is 49.1 Å². The third-order valence-electron chi connectivity index (χ3n) is 5.50. The molecule has 29 heavy (non-hydrogen) atoms. The average molecular weight is 414 g/mol. The standard InChI is InChI=1S/C22H23N3O3.ClH/c1-13-4-5-14(2)19(10-13)25-21(27)17-7-6-16(11-18(17)22(25)28)20(26)24-9-8-23-12-15(24)3;/h4-7,10-11,15,23H,8-9,12H2,1-3H3;1H. The lowest BCUT2D eigenvalue weighted by Crippen LogP contribution is -2.52. The van der Waals surface area contributed by atoms with Crippen molar-refractivity contribution in [1.82, 2.24) is 10.2 Å². The van der Waals surface area contributed by atoms with Crippen LogP contribution in [0.25, 0.3) is 0 Å². The molecule has 2 aromatic rings. The fraction of sp³-hybridized carbons (Fsp3) is 0.318. The van der Waals surface area contributed by atoms with E-state index in [1.165, 1.54) is 4.90 Å². The molecule has 1 N–H and O–H groups in total. The van der Waals surface area contributed by atoms with Crippen molar-refractivity contribution < 1.29 is 14.4 Å². The van der Waals surface area contributed by atoms with Crippen molar-refractivity contribution >= 4 is 35.8 Å². The Hall–Kier alpha value is -2.70. The van der Waals surface area contributed by atoms with Crippen LogP contribution in [0.3, 0.4) is 0 Å². The highest BCUT2D eigenvalue weighted by atomic mass is 35.5. The largest absolute Gasteiger partial charge is 0.333 e. The molecule has 2 aromatic carbocycles. The van der Waals surface area contributed by atoms with Crippen molar-refractivity contribution in [3.63, 3.8) is 0 Å². The van der Waals surface area contributed by atoms with Crippen LogP contribution in [0.5, 0.6) is 0 Å². The van der Waals surface area contributed by atoms with E-state index in [1.54, 1.807) is 18.2 Å². The lowest BCUT2D eigenvalue weighted by atomic mass is 10.0. The summed E-state index contributed by atoms with van der Waals surface area (Å²) < 4.78 is 0. The molecule has 2 aliphatic rings. The zero-order valence-electron chi connectivity index (χ0n) is 16.7. The van der Waals surface area contributed by atoms with Crippen LogP contribution in [-0.2, 0) is 0 Å². The number of hydrogen-bond donors (Lipinski definition) is 1. The van der Waals surface area contributed by atoms with Crippen LogP contribution < -0.4 is 10.2 Å². The Kier molecular flexibility index (Phi) is 5.78. The van der Waals surface area contributed by atoms with Gasteiger partial charge in [0.15, 0.2) is 0 Å². The quantitative estimate of drug-likeness (QED) is 0.768. The molecule has 0 spiro atoms. The molecule has 1 unspecified atom stereocenters. The Morgan fingerprint density at radius 3 is 2.48 bits per heavy atom. The summed E-state index contributed by atoms with van der Waals surface area (Å²) in [4.78, 5) is 41.9. The average Bonchev–Trinajstić information content (AvgIpc) is 2.94.